The average Bonchev–Trinajstić information content (AvgIpc) is 2.79. The van der Waals surface area contributed by atoms with Crippen LogP contribution in [-0.2, 0) is 4.79 Å². The molecule has 0 unspecified atom stereocenters. The first-order valence-corrected chi connectivity index (χ1v) is 5.33. The highest BCUT2D eigenvalue weighted by Crippen LogP contribution is 2.21. The fraction of sp³-hybridized carbons (Fsp3) is 0.167. The number of hydrogen-bond donors (Lipinski definition) is 0. The van der Waals surface area contributed by atoms with Crippen LogP contribution in [0.2, 0.25) is 0 Å². The van der Waals surface area contributed by atoms with Gasteiger partial charge in [0.1, 0.15) is 12.2 Å². The first-order chi connectivity index (χ1) is 8.59. The van der Waals surface area contributed by atoms with E-state index in [0.717, 1.165) is 5.56 Å². The van der Waals surface area contributed by atoms with Gasteiger partial charge in [-0.1, -0.05) is 30.3 Å². The van der Waals surface area contributed by atoms with Gasteiger partial charge in [-0.15, -0.1) is 0 Å². The smallest absolute Gasteiger partial charge is 0.358 e. The van der Waals surface area contributed by atoms with E-state index in [0.29, 0.717) is 0 Å². The van der Waals surface area contributed by atoms with E-state index in [9.17, 15) is 14.9 Å². The Morgan fingerprint density at radius 1 is 1.39 bits per heavy atom. The minimum Gasteiger partial charge on any atom is -0.358 e. The molecule has 2 aromatic rings. The molecule has 2 rings (SSSR count). The summed E-state index contributed by atoms with van der Waals surface area (Å²) in [5, 5.41) is 10.6. The Hall–Kier alpha value is -2.50. The first kappa shape index (κ1) is 12.0. The monoisotopic (exact) mass is 245 g/mol. The molecule has 0 aliphatic rings. The van der Waals surface area contributed by atoms with Gasteiger partial charge in [0, 0.05) is 0 Å². The molecule has 0 amide bonds. The van der Waals surface area contributed by atoms with Crippen molar-refractivity contribution in [3.05, 3.63) is 58.5 Å². The Morgan fingerprint density at radius 3 is 2.56 bits per heavy atom. The predicted molar refractivity (Wildman–Crippen MR) is 64.1 cm³/mol. The number of aromatic nitrogens is 2. The second kappa shape index (κ2) is 4.79. The molecule has 1 aromatic heterocycles. The predicted octanol–water partition coefficient (Wildman–Crippen LogP) is 1.97. The van der Waals surface area contributed by atoms with Crippen molar-refractivity contribution < 1.29 is 9.72 Å². The highest BCUT2D eigenvalue weighted by molar-refractivity contribution is 5.83. The van der Waals surface area contributed by atoms with Crippen LogP contribution >= 0.6 is 0 Å². The van der Waals surface area contributed by atoms with Crippen molar-refractivity contribution in [2.45, 2.75) is 13.0 Å². The number of benzene rings is 1. The van der Waals surface area contributed by atoms with Gasteiger partial charge in [0.15, 0.2) is 5.78 Å². The molecule has 0 radical (unpaired) electrons. The van der Waals surface area contributed by atoms with Gasteiger partial charge in [0.25, 0.3) is 0 Å². The molecule has 18 heavy (non-hydrogen) atoms. The highest BCUT2D eigenvalue weighted by atomic mass is 16.6. The molecule has 1 aromatic carbocycles. The lowest BCUT2D eigenvalue weighted by Gasteiger charge is -2.14. The molecule has 0 saturated carbocycles. The van der Waals surface area contributed by atoms with Gasteiger partial charge < -0.3 is 10.1 Å². The highest BCUT2D eigenvalue weighted by Gasteiger charge is 2.22. The van der Waals surface area contributed by atoms with Gasteiger partial charge in [-0.2, -0.15) is 0 Å². The van der Waals surface area contributed by atoms with Gasteiger partial charge in [-0.3, -0.25) is 9.36 Å². The summed E-state index contributed by atoms with van der Waals surface area (Å²) in [6, 6.07) is 8.51. The second-order valence-electron chi connectivity index (χ2n) is 3.86. The summed E-state index contributed by atoms with van der Waals surface area (Å²) in [6.07, 6.45) is 2.57. The van der Waals surface area contributed by atoms with Crippen molar-refractivity contribution in [2.24, 2.45) is 0 Å². The zero-order valence-corrected chi connectivity index (χ0v) is 9.69. The minimum absolute atomic E-state index is 0.103. The van der Waals surface area contributed by atoms with E-state index >= 15 is 0 Å². The summed E-state index contributed by atoms with van der Waals surface area (Å²) in [7, 11) is 0. The summed E-state index contributed by atoms with van der Waals surface area (Å²) < 4.78 is 1.45. The molecule has 6 nitrogen and oxygen atoms in total. The second-order valence-corrected chi connectivity index (χ2v) is 3.86. The molecule has 1 heterocycles. The fourth-order valence-electron chi connectivity index (χ4n) is 1.81. The lowest BCUT2D eigenvalue weighted by molar-refractivity contribution is -0.389. The van der Waals surface area contributed by atoms with Gasteiger partial charge in [0.2, 0.25) is 6.33 Å². The number of rotatable bonds is 4. The molecule has 1 atom stereocenters. The van der Waals surface area contributed by atoms with Crippen LogP contribution in [0.15, 0.2) is 42.9 Å². The number of carbonyl (C=O) groups is 1. The van der Waals surface area contributed by atoms with Gasteiger partial charge in [0.05, 0.1) is 0 Å². The maximum Gasteiger partial charge on any atom is 0.381 e. The maximum atomic E-state index is 11.7. The lowest BCUT2D eigenvalue weighted by atomic mass is 10.0. The van der Waals surface area contributed by atoms with Crippen LogP contribution in [0, 0.1) is 10.1 Å². The molecule has 0 aliphatic carbocycles. The van der Waals surface area contributed by atoms with Crippen LogP contribution in [0.1, 0.15) is 18.5 Å². The van der Waals surface area contributed by atoms with Crippen molar-refractivity contribution in [2.75, 3.05) is 0 Å². The lowest BCUT2D eigenvalue weighted by Crippen LogP contribution is -2.16. The van der Waals surface area contributed by atoms with Crippen LogP contribution in [0.25, 0.3) is 0 Å². The number of nitrogens with zero attached hydrogens (tertiary/aromatic N) is 3. The largest absolute Gasteiger partial charge is 0.381 e. The number of nitro groups is 1. The number of hydrogen-bond acceptors (Lipinski definition) is 4. The van der Waals surface area contributed by atoms with Gasteiger partial charge in [-0.25, -0.2) is 0 Å². The maximum absolute atomic E-state index is 11.7. The summed E-state index contributed by atoms with van der Waals surface area (Å²) in [6.45, 7) is 1.45. The van der Waals surface area contributed by atoms with Crippen molar-refractivity contribution >= 4 is 11.6 Å². The van der Waals surface area contributed by atoms with E-state index in [1.807, 2.05) is 18.2 Å². The molecule has 0 bridgehead atoms. The summed E-state index contributed by atoms with van der Waals surface area (Å²) >= 11 is 0. The number of carbonyl (C=O) groups excluding carboxylic acids is 1. The molecule has 0 spiro atoms. The molecular weight excluding hydrogens is 234 g/mol. The summed E-state index contributed by atoms with van der Waals surface area (Å²) in [5.41, 5.74) is 0.775. The van der Waals surface area contributed by atoms with E-state index in [1.165, 1.54) is 24.0 Å². The van der Waals surface area contributed by atoms with Crippen molar-refractivity contribution in [3.8, 4) is 0 Å². The van der Waals surface area contributed by atoms with E-state index in [2.05, 4.69) is 4.98 Å². The fourth-order valence-corrected chi connectivity index (χ4v) is 1.81. The first-order valence-electron chi connectivity index (χ1n) is 5.33. The average molecular weight is 245 g/mol. The van der Waals surface area contributed by atoms with Gasteiger partial charge in [-0.05, 0) is 22.4 Å². The van der Waals surface area contributed by atoms with Crippen LogP contribution in [0.3, 0.4) is 0 Å². The Bertz CT molecular complexity index is 577. The van der Waals surface area contributed by atoms with E-state index in [1.54, 1.807) is 12.1 Å². The molecule has 92 valence electrons. The van der Waals surface area contributed by atoms with Crippen LogP contribution < -0.4 is 0 Å². The Labute approximate surface area is 103 Å². The zero-order valence-electron chi connectivity index (χ0n) is 9.69. The Balaban J connectivity index is 2.42. The van der Waals surface area contributed by atoms with Crippen LogP contribution in [0.4, 0.5) is 5.82 Å². The third-order valence-electron chi connectivity index (χ3n) is 2.57. The zero-order chi connectivity index (χ0) is 13.1. The SMILES string of the molecule is CC(=O)[C@H](c1ccccc1)n1cnc([N+](=O)[O-])c1. The molecular formula is C12H11N3O3. The minimum atomic E-state index is -0.585. The van der Waals surface area contributed by atoms with Crippen molar-refractivity contribution in [1.82, 2.24) is 9.55 Å². The number of Topliss-reactive ketones (excluding diaryl/α,β-unsaturated/α-hetero) is 1. The number of imidazole rings is 1. The van der Waals surface area contributed by atoms with Crippen LogP contribution in [-0.4, -0.2) is 20.3 Å². The van der Waals surface area contributed by atoms with E-state index in [4.69, 9.17) is 0 Å². The van der Waals surface area contributed by atoms with Crippen molar-refractivity contribution in [3.63, 3.8) is 0 Å². The van der Waals surface area contributed by atoms with E-state index < -0.39 is 11.0 Å². The van der Waals surface area contributed by atoms with Crippen molar-refractivity contribution in [1.29, 1.82) is 0 Å². The van der Waals surface area contributed by atoms with Gasteiger partial charge >= 0.3 is 5.82 Å². The molecule has 6 heteroatoms. The van der Waals surface area contributed by atoms with Crippen LogP contribution in [0.5, 0.6) is 0 Å². The molecule has 0 saturated heterocycles. The summed E-state index contributed by atoms with van der Waals surface area (Å²) in [5.74, 6) is -0.370. The third kappa shape index (κ3) is 2.27. The normalized spacial score (nSPS) is 12.1. The molecule has 0 fully saturated rings. The summed E-state index contributed by atoms with van der Waals surface area (Å²) in [4.78, 5) is 25.4. The Kier molecular flexibility index (Phi) is 3.18. The Morgan fingerprint density at radius 2 is 2.06 bits per heavy atom. The molecule has 0 aliphatic heterocycles. The van der Waals surface area contributed by atoms with E-state index in [-0.39, 0.29) is 11.6 Å². The molecule has 0 N–H and O–H groups in total. The quantitative estimate of drug-likeness (QED) is 0.609. The third-order valence-corrected chi connectivity index (χ3v) is 2.57. The topological polar surface area (TPSA) is 78.0 Å². The number of ketones is 1. The standard InChI is InChI=1S/C12H11N3O3/c1-9(16)12(10-5-3-2-4-6-10)14-7-11(13-8-14)15(17)18/h2-8,12H,1H3/t12-/m1/s1.